The normalized spacial score (nSPS) is 21.7. The van der Waals surface area contributed by atoms with E-state index in [1.807, 2.05) is 0 Å². The van der Waals surface area contributed by atoms with Crippen molar-refractivity contribution in [3.8, 4) is 0 Å². The monoisotopic (exact) mass is 177 g/mol. The van der Waals surface area contributed by atoms with Crippen LogP contribution in [0, 0.1) is 0 Å². The van der Waals surface area contributed by atoms with Gasteiger partial charge in [0.1, 0.15) is 12.4 Å². The molecular weight excluding hydrogens is 170 g/mol. The number of carbonyl (C=O) groups excluding carboxylic acids is 2. The molecule has 1 fully saturated rings. The minimum atomic E-state index is -0.548. The highest BCUT2D eigenvalue weighted by Crippen LogP contribution is 2.18. The van der Waals surface area contributed by atoms with E-state index in [4.69, 9.17) is 0 Å². The quantitative estimate of drug-likeness (QED) is 0.593. The van der Waals surface area contributed by atoms with Crippen molar-refractivity contribution in [3.05, 3.63) is 24.3 Å². The first-order chi connectivity index (χ1) is 6.27. The van der Waals surface area contributed by atoms with Crippen LogP contribution in [0.1, 0.15) is 18.0 Å². The van der Waals surface area contributed by atoms with Crippen molar-refractivity contribution in [2.24, 2.45) is 0 Å². The van der Waals surface area contributed by atoms with Crippen LogP contribution in [-0.2, 0) is 9.59 Å². The van der Waals surface area contributed by atoms with Gasteiger partial charge in [-0.2, -0.15) is 0 Å². The highest BCUT2D eigenvalue weighted by atomic mass is 16.2. The summed E-state index contributed by atoms with van der Waals surface area (Å²) in [5.41, 5.74) is 0.637. The highest BCUT2D eigenvalue weighted by Gasteiger charge is 2.31. The van der Waals surface area contributed by atoms with Crippen molar-refractivity contribution >= 4 is 11.7 Å². The van der Waals surface area contributed by atoms with Gasteiger partial charge >= 0.3 is 0 Å². The predicted molar refractivity (Wildman–Crippen MR) is 42.5 cm³/mol. The van der Waals surface area contributed by atoms with Crippen LogP contribution in [-0.4, -0.2) is 21.7 Å². The molecule has 0 radical (unpaired) electrons. The zero-order valence-electron chi connectivity index (χ0n) is 6.73. The molecule has 1 atom stereocenters. The van der Waals surface area contributed by atoms with E-state index in [-0.39, 0.29) is 18.1 Å². The molecule has 0 aromatic carbocycles. The smallest absolute Gasteiger partial charge is 0.228 e. The second-order valence-corrected chi connectivity index (χ2v) is 2.82. The van der Waals surface area contributed by atoms with E-state index < -0.39 is 6.04 Å². The molecule has 2 heterocycles. The van der Waals surface area contributed by atoms with Gasteiger partial charge in [0.05, 0.1) is 6.42 Å². The summed E-state index contributed by atoms with van der Waals surface area (Å²) >= 11 is 0. The van der Waals surface area contributed by atoms with Crippen molar-refractivity contribution in [1.82, 2.24) is 15.3 Å². The largest absolute Gasteiger partial charge is 0.342 e. The number of nitrogens with zero attached hydrogens (tertiary/aromatic N) is 2. The number of nitrogens with one attached hydrogen (secondary N) is 1. The molecule has 1 aliphatic rings. The Hall–Kier alpha value is -1.78. The lowest BCUT2D eigenvalue weighted by Gasteiger charge is -2.06. The van der Waals surface area contributed by atoms with Crippen LogP contribution in [0.25, 0.3) is 0 Å². The van der Waals surface area contributed by atoms with Crippen LogP contribution in [0.4, 0.5) is 0 Å². The number of carbonyl (C=O) groups is 2. The Balaban J connectivity index is 2.28. The summed E-state index contributed by atoms with van der Waals surface area (Å²) in [6, 6.07) is -0.548. The molecule has 5 nitrogen and oxygen atoms in total. The van der Waals surface area contributed by atoms with E-state index in [1.54, 1.807) is 0 Å². The summed E-state index contributed by atoms with van der Waals surface area (Å²) in [5.74, 6) is -0.362. The first kappa shape index (κ1) is 7.85. The van der Waals surface area contributed by atoms with E-state index in [0.29, 0.717) is 5.56 Å². The van der Waals surface area contributed by atoms with Gasteiger partial charge in [0.15, 0.2) is 5.78 Å². The summed E-state index contributed by atoms with van der Waals surface area (Å²) in [5, 5.41) is 2.55. The summed E-state index contributed by atoms with van der Waals surface area (Å²) in [7, 11) is 0. The zero-order valence-corrected chi connectivity index (χ0v) is 6.73. The summed E-state index contributed by atoms with van der Waals surface area (Å²) < 4.78 is 0. The van der Waals surface area contributed by atoms with Crippen molar-refractivity contribution in [2.45, 2.75) is 12.5 Å². The minimum Gasteiger partial charge on any atom is -0.342 e. The second kappa shape index (κ2) is 2.93. The molecule has 1 saturated heterocycles. The van der Waals surface area contributed by atoms with Gasteiger partial charge in [-0.05, 0) is 0 Å². The van der Waals surface area contributed by atoms with Gasteiger partial charge in [0.25, 0.3) is 0 Å². The van der Waals surface area contributed by atoms with E-state index >= 15 is 0 Å². The Morgan fingerprint density at radius 1 is 1.31 bits per heavy atom. The first-order valence-corrected chi connectivity index (χ1v) is 3.84. The molecule has 2 rings (SSSR count). The lowest BCUT2D eigenvalue weighted by atomic mass is 10.1. The van der Waals surface area contributed by atoms with E-state index in [2.05, 4.69) is 15.3 Å². The van der Waals surface area contributed by atoms with E-state index in [1.165, 1.54) is 18.7 Å². The number of aromatic nitrogens is 2. The molecule has 0 aliphatic carbocycles. The standard InChI is InChI=1S/C8H7N3O2/c12-6-1-7(13)11-8(6)5-2-9-4-10-3-5/h2-4,8H,1H2,(H,11,13). The first-order valence-electron chi connectivity index (χ1n) is 3.84. The van der Waals surface area contributed by atoms with Crippen molar-refractivity contribution in [2.75, 3.05) is 0 Å². The molecule has 0 bridgehead atoms. The molecule has 1 amide bonds. The number of Topliss-reactive ketones (excluding diaryl/α,β-unsaturated/α-hetero) is 1. The molecule has 1 aromatic heterocycles. The van der Waals surface area contributed by atoms with E-state index in [9.17, 15) is 9.59 Å². The average molecular weight is 177 g/mol. The Morgan fingerprint density at radius 3 is 2.54 bits per heavy atom. The molecule has 0 spiro atoms. The number of amides is 1. The third kappa shape index (κ3) is 1.40. The van der Waals surface area contributed by atoms with Crippen molar-refractivity contribution in [3.63, 3.8) is 0 Å². The maximum absolute atomic E-state index is 11.2. The number of hydrogen-bond donors (Lipinski definition) is 1. The van der Waals surface area contributed by atoms with E-state index in [0.717, 1.165) is 0 Å². The van der Waals surface area contributed by atoms with Gasteiger partial charge in [-0.3, -0.25) is 9.59 Å². The molecule has 1 unspecified atom stereocenters. The summed E-state index contributed by atoms with van der Waals surface area (Å²) in [6.07, 6.45) is 4.40. The van der Waals surface area contributed by atoms with Crippen LogP contribution in [0.15, 0.2) is 18.7 Å². The number of rotatable bonds is 1. The third-order valence-electron chi connectivity index (χ3n) is 1.88. The summed E-state index contributed by atoms with van der Waals surface area (Å²) in [4.78, 5) is 29.7. The lowest BCUT2D eigenvalue weighted by molar-refractivity contribution is -0.122. The lowest BCUT2D eigenvalue weighted by Crippen LogP contribution is -2.20. The zero-order chi connectivity index (χ0) is 9.26. The van der Waals surface area contributed by atoms with Gasteiger partial charge < -0.3 is 5.32 Å². The molecular formula is C8H7N3O2. The van der Waals surface area contributed by atoms with Crippen molar-refractivity contribution in [1.29, 1.82) is 0 Å². The highest BCUT2D eigenvalue weighted by molar-refractivity contribution is 6.07. The Kier molecular flexibility index (Phi) is 1.77. The van der Waals surface area contributed by atoms with Gasteiger partial charge in [0, 0.05) is 18.0 Å². The Bertz CT molecular complexity index is 350. The number of ketones is 1. The van der Waals surface area contributed by atoms with Crippen molar-refractivity contribution < 1.29 is 9.59 Å². The Morgan fingerprint density at radius 2 is 2.00 bits per heavy atom. The van der Waals surface area contributed by atoms with Gasteiger partial charge in [-0.25, -0.2) is 9.97 Å². The minimum absolute atomic E-state index is 0.0421. The topological polar surface area (TPSA) is 72.0 Å². The van der Waals surface area contributed by atoms with Gasteiger partial charge in [-0.1, -0.05) is 0 Å². The third-order valence-corrected chi connectivity index (χ3v) is 1.88. The van der Waals surface area contributed by atoms with Crippen LogP contribution in [0.3, 0.4) is 0 Å². The fourth-order valence-corrected chi connectivity index (χ4v) is 1.28. The molecule has 0 saturated carbocycles. The van der Waals surface area contributed by atoms with Crippen LogP contribution in [0.2, 0.25) is 0 Å². The molecule has 66 valence electrons. The summed E-state index contributed by atoms with van der Waals surface area (Å²) in [6.45, 7) is 0. The SMILES string of the molecule is O=C1CC(=O)C(c2cncnc2)N1. The predicted octanol–water partition coefficient (Wildman–Crippen LogP) is -0.393. The van der Waals surface area contributed by atoms with Gasteiger partial charge in [0.2, 0.25) is 5.91 Å². The van der Waals surface area contributed by atoms with Crippen LogP contribution < -0.4 is 5.32 Å². The second-order valence-electron chi connectivity index (χ2n) is 2.82. The molecule has 1 aromatic rings. The van der Waals surface area contributed by atoms with Crippen LogP contribution in [0.5, 0.6) is 0 Å². The molecule has 1 N–H and O–H groups in total. The fourth-order valence-electron chi connectivity index (χ4n) is 1.28. The number of hydrogen-bond acceptors (Lipinski definition) is 4. The molecule has 13 heavy (non-hydrogen) atoms. The fraction of sp³-hybridized carbons (Fsp3) is 0.250. The average Bonchev–Trinajstić information content (AvgIpc) is 2.47. The Labute approximate surface area is 74.2 Å². The maximum Gasteiger partial charge on any atom is 0.228 e. The van der Waals surface area contributed by atoms with Gasteiger partial charge in [-0.15, -0.1) is 0 Å². The molecule has 1 aliphatic heterocycles. The maximum atomic E-state index is 11.2. The van der Waals surface area contributed by atoms with Crippen LogP contribution >= 0.6 is 0 Å². The molecule has 5 heteroatoms.